The van der Waals surface area contributed by atoms with Gasteiger partial charge in [0.1, 0.15) is 24.2 Å². The van der Waals surface area contributed by atoms with Gasteiger partial charge < -0.3 is 40.0 Å². The highest BCUT2D eigenvalue weighted by Gasteiger charge is 2.45. The minimum absolute atomic E-state index is 0. The smallest absolute Gasteiger partial charge is 0.262 e. The molecule has 4 aliphatic heterocycles. The number of rotatable bonds is 22. The van der Waals surface area contributed by atoms with Crippen LogP contribution in [-0.4, -0.2) is 144 Å². The summed E-state index contributed by atoms with van der Waals surface area (Å²) in [5.74, 6) is -1.64. The maximum absolute atomic E-state index is 15.3. The van der Waals surface area contributed by atoms with Crippen LogP contribution in [0, 0.1) is 5.82 Å². The number of nitrogens with one attached hydrogen (secondary N) is 5. The molecule has 6 amide bonds. The third kappa shape index (κ3) is 13.0. The molecule has 0 spiro atoms. The molecule has 76 heavy (non-hydrogen) atoms. The molecule has 6 heterocycles. The molecule has 3 aromatic carbocycles. The van der Waals surface area contributed by atoms with Crippen LogP contribution in [0.4, 0.5) is 15.8 Å². The molecule has 4 aliphatic rings. The minimum atomic E-state index is -1.14. The van der Waals surface area contributed by atoms with Crippen molar-refractivity contribution >= 4 is 59.2 Å². The van der Waals surface area contributed by atoms with Crippen molar-refractivity contribution < 1.29 is 47.4 Å². The van der Waals surface area contributed by atoms with Crippen molar-refractivity contribution in [1.82, 2.24) is 45.9 Å². The van der Waals surface area contributed by atoms with Gasteiger partial charge in [0.15, 0.2) is 11.6 Å². The van der Waals surface area contributed by atoms with E-state index in [1.54, 1.807) is 22.2 Å². The van der Waals surface area contributed by atoms with Gasteiger partial charge in [0.25, 0.3) is 17.7 Å². The Morgan fingerprint density at radius 1 is 0.842 bits per heavy atom. The summed E-state index contributed by atoms with van der Waals surface area (Å²) < 4.78 is 32.7. The summed E-state index contributed by atoms with van der Waals surface area (Å²) in [6.45, 7) is 6.74. The zero-order chi connectivity index (χ0) is 52.3. The lowest BCUT2D eigenvalue weighted by Crippen LogP contribution is -2.54. The Morgan fingerprint density at radius 3 is 2.30 bits per heavy atom. The fraction of sp³-hybridized carbons (Fsp3) is 0.426. The number of aromatic amines is 1. The number of anilines is 2. The Bertz CT molecular complexity index is 2860. The van der Waals surface area contributed by atoms with Crippen molar-refractivity contribution in [2.75, 3.05) is 82.5 Å². The summed E-state index contributed by atoms with van der Waals surface area (Å²) in [5.41, 5.74) is 2.70. The maximum Gasteiger partial charge on any atom is 0.262 e. The predicted molar refractivity (Wildman–Crippen MR) is 280 cm³/mol. The Hall–Kier alpha value is -7.33. The van der Waals surface area contributed by atoms with Crippen LogP contribution in [-0.2, 0) is 29.4 Å². The number of piperidine rings is 2. The number of pyridine rings is 1. The summed E-state index contributed by atoms with van der Waals surface area (Å²) in [7, 11) is 0. The fourth-order valence-electron chi connectivity index (χ4n) is 9.82. The SMILES string of the molecule is C[C@@H](NC(=O)c1cccc(NC2(c3nc(-c4ccncc4)n[nH]3)CCNCC2)c1)c1ccc(OCCCCCOCCCOCC(=O)N2CCN(c3cc4c(cc3F)C(=O)N(C3CCC(=O)NC3=O)C4=O)CC2)cc1.Cl. The standard InChI is InChI=1S/C54H62FN11O9.ClH/c1-35(58-49(69)38-7-5-8-39(31-38)61-54(17-21-57-22-18-54)53-60-48(62-63-53)37-15-19-56-20-16-37)36-9-11-40(12-10-36)75-30-4-2-3-27-73-28-6-29-74-34-47(68)65-25-23-64(24-26-65)45-33-42-41(32-43(45)55)51(71)66(52(42)72)44-13-14-46(67)59-50(44)70;/h5,7-12,15-16,19-20,31-33,35,44,57,61H,2-4,6,13-14,17-18,21-30,34H2,1H3,(H,58,69)(H,59,67,70)(H,60,62,63);1H/t35-,44?;/m1./s1. The molecule has 0 radical (unpaired) electrons. The van der Waals surface area contributed by atoms with E-state index in [0.717, 1.165) is 84.5 Å². The van der Waals surface area contributed by atoms with Crippen LogP contribution in [0.25, 0.3) is 11.4 Å². The molecule has 20 nitrogen and oxygen atoms in total. The number of nitrogens with zero attached hydrogens (tertiary/aromatic N) is 6. The molecular formula is C54H63ClFN11O9. The molecule has 5 N–H and O–H groups in total. The Morgan fingerprint density at radius 2 is 1.55 bits per heavy atom. The number of carbonyl (C=O) groups is 6. The maximum atomic E-state index is 15.3. The summed E-state index contributed by atoms with van der Waals surface area (Å²) in [6.07, 6.45) is 8.30. The molecule has 0 bridgehead atoms. The van der Waals surface area contributed by atoms with Crippen LogP contribution < -0.4 is 30.9 Å². The van der Waals surface area contributed by atoms with E-state index in [0.29, 0.717) is 70.4 Å². The Balaban J connectivity index is 0.00000765. The number of carbonyl (C=O) groups excluding carboxylic acids is 6. The van der Waals surface area contributed by atoms with Crippen molar-refractivity contribution in [3.05, 3.63) is 119 Å². The highest BCUT2D eigenvalue weighted by atomic mass is 35.5. The number of ether oxygens (including phenoxy) is 3. The second-order valence-corrected chi connectivity index (χ2v) is 19.1. The normalized spacial score (nSPS) is 17.7. The number of hydrogen-bond acceptors (Lipinski definition) is 15. The van der Waals surface area contributed by atoms with Crippen molar-refractivity contribution in [3.63, 3.8) is 0 Å². The van der Waals surface area contributed by atoms with Gasteiger partial charge in [-0.15, -0.1) is 12.4 Å². The number of piperazine rings is 1. The molecule has 3 fully saturated rings. The van der Waals surface area contributed by atoms with Crippen molar-refractivity contribution in [1.29, 1.82) is 0 Å². The van der Waals surface area contributed by atoms with E-state index in [-0.39, 0.29) is 66.5 Å². The fourth-order valence-corrected chi connectivity index (χ4v) is 9.82. The van der Waals surface area contributed by atoms with Gasteiger partial charge in [-0.3, -0.25) is 49.1 Å². The number of H-pyrrole nitrogens is 1. The first-order valence-corrected chi connectivity index (χ1v) is 25.7. The summed E-state index contributed by atoms with van der Waals surface area (Å²) >= 11 is 0. The highest BCUT2D eigenvalue weighted by molar-refractivity contribution is 6.23. The summed E-state index contributed by atoms with van der Waals surface area (Å²) in [4.78, 5) is 89.8. The Labute approximate surface area is 445 Å². The van der Waals surface area contributed by atoms with Gasteiger partial charge in [-0.2, -0.15) is 5.10 Å². The largest absolute Gasteiger partial charge is 0.494 e. The molecule has 22 heteroatoms. The molecule has 1 unspecified atom stereocenters. The van der Waals surface area contributed by atoms with Gasteiger partial charge in [0.2, 0.25) is 17.7 Å². The van der Waals surface area contributed by atoms with Crippen molar-refractivity contribution in [2.24, 2.45) is 0 Å². The number of imide groups is 2. The lowest BCUT2D eigenvalue weighted by Gasteiger charge is -2.37. The number of benzene rings is 3. The molecule has 5 aromatic rings. The zero-order valence-corrected chi connectivity index (χ0v) is 43.1. The van der Waals surface area contributed by atoms with Gasteiger partial charge in [0.05, 0.1) is 35.0 Å². The van der Waals surface area contributed by atoms with E-state index in [1.807, 2.05) is 67.6 Å². The second-order valence-electron chi connectivity index (χ2n) is 19.1. The average Bonchev–Trinajstić information content (AvgIpc) is 4.10. The van der Waals surface area contributed by atoms with E-state index in [9.17, 15) is 28.8 Å². The van der Waals surface area contributed by atoms with Gasteiger partial charge in [0, 0.05) is 81.6 Å². The monoisotopic (exact) mass is 1060 g/mol. The van der Waals surface area contributed by atoms with Gasteiger partial charge in [-0.1, -0.05) is 18.2 Å². The highest BCUT2D eigenvalue weighted by Crippen LogP contribution is 2.35. The first-order chi connectivity index (χ1) is 36.5. The van der Waals surface area contributed by atoms with E-state index in [4.69, 9.17) is 19.2 Å². The van der Waals surface area contributed by atoms with Crippen LogP contribution in [0.2, 0.25) is 0 Å². The molecule has 3 saturated heterocycles. The minimum Gasteiger partial charge on any atom is -0.494 e. The predicted octanol–water partition coefficient (Wildman–Crippen LogP) is 5.33. The van der Waals surface area contributed by atoms with Gasteiger partial charge in [-0.05, 0) is 125 Å². The molecule has 2 atom stereocenters. The molecule has 402 valence electrons. The van der Waals surface area contributed by atoms with Crippen LogP contribution in [0.3, 0.4) is 0 Å². The van der Waals surface area contributed by atoms with E-state index in [1.165, 1.54) is 6.07 Å². The van der Waals surface area contributed by atoms with Crippen molar-refractivity contribution in [3.8, 4) is 17.1 Å². The number of fused-ring (bicyclic) bond motifs is 1. The van der Waals surface area contributed by atoms with Crippen LogP contribution in [0.1, 0.15) is 107 Å². The van der Waals surface area contributed by atoms with Gasteiger partial charge in [-0.25, -0.2) is 9.37 Å². The van der Waals surface area contributed by atoms with Crippen LogP contribution >= 0.6 is 12.4 Å². The third-order valence-corrected chi connectivity index (χ3v) is 14.1. The third-order valence-electron chi connectivity index (χ3n) is 14.1. The van der Waals surface area contributed by atoms with Crippen LogP contribution in [0.5, 0.6) is 5.75 Å². The number of unbranched alkanes of at least 4 members (excludes halogenated alkanes) is 2. The molecule has 0 aliphatic carbocycles. The van der Waals surface area contributed by atoms with Crippen LogP contribution in [0.15, 0.2) is 85.2 Å². The molecule has 2 aromatic heterocycles. The second kappa shape index (κ2) is 25.5. The van der Waals surface area contributed by atoms with Gasteiger partial charge >= 0.3 is 0 Å². The Kier molecular flexibility index (Phi) is 18.4. The van der Waals surface area contributed by atoms with E-state index in [2.05, 4.69) is 36.4 Å². The lowest BCUT2D eigenvalue weighted by atomic mass is 9.87. The van der Waals surface area contributed by atoms with Crippen molar-refractivity contribution in [2.45, 2.75) is 75.9 Å². The number of amides is 6. The number of hydrogen-bond donors (Lipinski definition) is 5. The molecule has 9 rings (SSSR count). The van der Waals surface area contributed by atoms with E-state index < -0.39 is 41.0 Å². The number of halogens is 2. The first-order valence-electron chi connectivity index (χ1n) is 25.7. The topological polar surface area (TPSA) is 242 Å². The zero-order valence-electron chi connectivity index (χ0n) is 42.3. The lowest BCUT2D eigenvalue weighted by molar-refractivity contribution is -0.137. The molecule has 0 saturated carbocycles. The van der Waals surface area contributed by atoms with E-state index >= 15 is 4.39 Å². The average molecular weight is 1060 g/mol. The molecular weight excluding hydrogens is 1000 g/mol. The summed E-state index contributed by atoms with van der Waals surface area (Å²) in [6, 6.07) is 20.0. The quantitative estimate of drug-likeness (QED) is 0.0435. The first kappa shape index (κ1) is 54.9. The summed E-state index contributed by atoms with van der Waals surface area (Å²) in [5, 5.41) is 20.1. The number of aromatic nitrogens is 4.